The van der Waals surface area contributed by atoms with Crippen LogP contribution in [0, 0.1) is 0 Å². The van der Waals surface area contributed by atoms with Crippen molar-refractivity contribution in [1.82, 2.24) is 4.98 Å². The Morgan fingerprint density at radius 1 is 1.29 bits per heavy atom. The normalized spacial score (nSPS) is 10.4. The molecule has 2 aromatic rings. The Bertz CT molecular complexity index is 422. The number of thiol groups is 1. The van der Waals surface area contributed by atoms with Gasteiger partial charge in [-0.25, -0.2) is 4.98 Å². The Hall–Kier alpha value is -0.510. The van der Waals surface area contributed by atoms with Crippen LogP contribution in [0.25, 0.3) is 10.6 Å². The summed E-state index contributed by atoms with van der Waals surface area (Å²) in [5, 5.41) is 3.79. The molecule has 0 saturated carbocycles. The Morgan fingerprint density at radius 2 is 2.00 bits per heavy atom. The lowest BCUT2D eigenvalue weighted by molar-refractivity contribution is 1.24. The predicted molar refractivity (Wildman–Crippen MR) is 65.3 cm³/mol. The molecular weight excluding hydrogens is 234 g/mol. The molecule has 0 aliphatic heterocycles. The van der Waals surface area contributed by atoms with Crippen molar-refractivity contribution in [3.63, 3.8) is 0 Å². The van der Waals surface area contributed by atoms with Crippen LogP contribution < -0.4 is 0 Å². The zero-order valence-electron chi connectivity index (χ0n) is 7.27. The van der Waals surface area contributed by atoms with Gasteiger partial charge in [-0.3, -0.25) is 0 Å². The van der Waals surface area contributed by atoms with E-state index in [4.69, 9.17) is 11.6 Å². The Labute approximate surface area is 97.2 Å². The van der Waals surface area contributed by atoms with Crippen LogP contribution in [0.5, 0.6) is 0 Å². The lowest BCUT2D eigenvalue weighted by Gasteiger charge is -1.95. The molecule has 0 bridgehead atoms. The maximum Gasteiger partial charge on any atom is 0.123 e. The summed E-state index contributed by atoms with van der Waals surface area (Å²) in [6, 6.07) is 7.70. The number of thiazole rings is 1. The number of aromatic nitrogens is 1. The number of halogens is 1. The van der Waals surface area contributed by atoms with Crippen LogP contribution >= 0.6 is 35.6 Å². The van der Waals surface area contributed by atoms with E-state index in [-0.39, 0.29) is 0 Å². The largest absolute Gasteiger partial charge is 0.240 e. The van der Waals surface area contributed by atoms with Gasteiger partial charge in [-0.1, -0.05) is 23.7 Å². The van der Waals surface area contributed by atoms with Crippen LogP contribution in [0.1, 0.15) is 5.69 Å². The first kappa shape index (κ1) is 10.0. The molecule has 0 aliphatic rings. The average molecular weight is 242 g/mol. The summed E-state index contributed by atoms with van der Waals surface area (Å²) in [6.07, 6.45) is 0. The van der Waals surface area contributed by atoms with E-state index in [2.05, 4.69) is 17.6 Å². The van der Waals surface area contributed by atoms with Crippen molar-refractivity contribution in [2.45, 2.75) is 5.75 Å². The summed E-state index contributed by atoms with van der Waals surface area (Å²) in [5.74, 6) is 0.685. The Kier molecular flexibility index (Phi) is 3.11. The minimum Gasteiger partial charge on any atom is -0.240 e. The van der Waals surface area contributed by atoms with E-state index < -0.39 is 0 Å². The first-order valence-corrected chi connectivity index (χ1v) is 6.00. The molecule has 1 aromatic carbocycles. The molecule has 0 spiro atoms. The van der Waals surface area contributed by atoms with E-state index in [9.17, 15) is 0 Å². The van der Waals surface area contributed by atoms with Gasteiger partial charge in [-0.05, 0) is 12.1 Å². The highest BCUT2D eigenvalue weighted by Crippen LogP contribution is 2.25. The lowest BCUT2D eigenvalue weighted by Crippen LogP contribution is -1.78. The molecule has 0 amide bonds. The van der Waals surface area contributed by atoms with Gasteiger partial charge in [-0.2, -0.15) is 12.6 Å². The molecule has 4 heteroatoms. The van der Waals surface area contributed by atoms with E-state index >= 15 is 0 Å². The van der Waals surface area contributed by atoms with Crippen LogP contribution in [0.4, 0.5) is 0 Å². The summed E-state index contributed by atoms with van der Waals surface area (Å²) in [5.41, 5.74) is 2.12. The van der Waals surface area contributed by atoms with E-state index in [1.807, 2.05) is 29.6 Å². The molecule has 0 unspecified atom stereocenters. The maximum atomic E-state index is 5.80. The quantitative estimate of drug-likeness (QED) is 0.787. The molecule has 1 heterocycles. The maximum absolute atomic E-state index is 5.80. The molecule has 0 atom stereocenters. The van der Waals surface area contributed by atoms with Crippen molar-refractivity contribution in [3.8, 4) is 10.6 Å². The van der Waals surface area contributed by atoms with Crippen LogP contribution in [0.3, 0.4) is 0 Å². The molecule has 0 fully saturated rings. The van der Waals surface area contributed by atoms with Gasteiger partial charge in [0.25, 0.3) is 0 Å². The average Bonchev–Trinajstić information content (AvgIpc) is 2.67. The molecule has 72 valence electrons. The summed E-state index contributed by atoms with van der Waals surface area (Å²) in [6.45, 7) is 0. The van der Waals surface area contributed by atoms with Gasteiger partial charge in [0.15, 0.2) is 0 Å². The molecule has 1 nitrogen and oxygen atoms in total. The van der Waals surface area contributed by atoms with Gasteiger partial charge in [0, 0.05) is 21.7 Å². The minimum atomic E-state index is 0.685. The van der Waals surface area contributed by atoms with Gasteiger partial charge in [0.2, 0.25) is 0 Å². The van der Waals surface area contributed by atoms with Gasteiger partial charge >= 0.3 is 0 Å². The fourth-order valence-electron chi connectivity index (χ4n) is 1.10. The highest BCUT2D eigenvalue weighted by Gasteiger charge is 2.02. The standard InChI is InChI=1S/C10H8ClNS2/c11-8-3-1-7(2-4-8)10-12-9(5-13)6-14-10/h1-4,6,13H,5H2. The molecule has 2 rings (SSSR count). The highest BCUT2D eigenvalue weighted by atomic mass is 35.5. The minimum absolute atomic E-state index is 0.685. The fourth-order valence-corrected chi connectivity index (χ4v) is 2.34. The predicted octanol–water partition coefficient (Wildman–Crippen LogP) is 3.89. The van der Waals surface area contributed by atoms with Crippen molar-refractivity contribution in [2.75, 3.05) is 0 Å². The smallest absolute Gasteiger partial charge is 0.123 e. The van der Waals surface area contributed by atoms with Gasteiger partial charge in [-0.15, -0.1) is 11.3 Å². The number of hydrogen-bond acceptors (Lipinski definition) is 3. The monoisotopic (exact) mass is 241 g/mol. The SMILES string of the molecule is SCc1csc(-c2ccc(Cl)cc2)n1. The van der Waals surface area contributed by atoms with E-state index in [0.717, 1.165) is 21.3 Å². The number of hydrogen-bond donors (Lipinski definition) is 1. The molecule has 1 aromatic heterocycles. The van der Waals surface area contributed by atoms with Crippen LogP contribution in [0.2, 0.25) is 5.02 Å². The molecular formula is C10H8ClNS2. The van der Waals surface area contributed by atoms with Crippen LogP contribution in [0.15, 0.2) is 29.6 Å². The second kappa shape index (κ2) is 4.34. The van der Waals surface area contributed by atoms with Crippen LogP contribution in [-0.4, -0.2) is 4.98 Å². The molecule has 14 heavy (non-hydrogen) atoms. The van der Waals surface area contributed by atoms with Gasteiger partial charge in [0.1, 0.15) is 5.01 Å². The van der Waals surface area contributed by atoms with Crippen molar-refractivity contribution in [2.24, 2.45) is 0 Å². The lowest BCUT2D eigenvalue weighted by atomic mass is 10.2. The van der Waals surface area contributed by atoms with E-state index in [1.165, 1.54) is 0 Å². The third-order valence-corrected chi connectivity index (χ3v) is 3.32. The summed E-state index contributed by atoms with van der Waals surface area (Å²) >= 11 is 11.6. The summed E-state index contributed by atoms with van der Waals surface area (Å²) in [4.78, 5) is 4.43. The second-order valence-electron chi connectivity index (χ2n) is 2.81. The van der Waals surface area contributed by atoms with E-state index in [0.29, 0.717) is 5.75 Å². The second-order valence-corrected chi connectivity index (χ2v) is 4.42. The molecule has 0 N–H and O–H groups in total. The van der Waals surface area contributed by atoms with Crippen molar-refractivity contribution in [1.29, 1.82) is 0 Å². The van der Waals surface area contributed by atoms with Gasteiger partial charge < -0.3 is 0 Å². The number of benzene rings is 1. The summed E-state index contributed by atoms with van der Waals surface area (Å²) < 4.78 is 0. The Balaban J connectivity index is 2.34. The van der Waals surface area contributed by atoms with E-state index in [1.54, 1.807) is 11.3 Å². The molecule has 0 aliphatic carbocycles. The first-order valence-electron chi connectivity index (χ1n) is 4.11. The zero-order valence-corrected chi connectivity index (χ0v) is 9.74. The summed E-state index contributed by atoms with van der Waals surface area (Å²) in [7, 11) is 0. The van der Waals surface area contributed by atoms with Crippen molar-refractivity contribution in [3.05, 3.63) is 40.4 Å². The fraction of sp³-hybridized carbons (Fsp3) is 0.100. The third-order valence-electron chi connectivity index (χ3n) is 1.80. The molecule has 0 radical (unpaired) electrons. The van der Waals surface area contributed by atoms with Crippen LogP contribution in [-0.2, 0) is 5.75 Å². The zero-order chi connectivity index (χ0) is 9.97. The van der Waals surface area contributed by atoms with Crippen molar-refractivity contribution < 1.29 is 0 Å². The van der Waals surface area contributed by atoms with Gasteiger partial charge in [0.05, 0.1) is 5.69 Å². The topological polar surface area (TPSA) is 12.9 Å². The van der Waals surface area contributed by atoms with Crippen molar-refractivity contribution >= 4 is 35.6 Å². The molecule has 0 saturated heterocycles. The third kappa shape index (κ3) is 2.11. The highest BCUT2D eigenvalue weighted by molar-refractivity contribution is 7.79. The number of rotatable bonds is 2. The Morgan fingerprint density at radius 3 is 2.57 bits per heavy atom. The first-order chi connectivity index (χ1) is 6.79. The number of nitrogens with zero attached hydrogens (tertiary/aromatic N) is 1.